The van der Waals surface area contributed by atoms with Crippen molar-refractivity contribution in [3.8, 4) is 0 Å². The summed E-state index contributed by atoms with van der Waals surface area (Å²) < 4.78 is 40.8. The molecule has 1 fully saturated rings. The van der Waals surface area contributed by atoms with Crippen LogP contribution in [-0.4, -0.2) is 54.9 Å². The van der Waals surface area contributed by atoms with E-state index >= 15 is 0 Å². The number of hydrogen-bond acceptors (Lipinski definition) is 7. The number of sulfonamides is 1. The molecule has 2 N–H and O–H groups in total. The Morgan fingerprint density at radius 1 is 1.43 bits per heavy atom. The van der Waals surface area contributed by atoms with Crippen molar-refractivity contribution in [2.24, 2.45) is 0 Å². The second-order valence-electron chi connectivity index (χ2n) is 7.06. The van der Waals surface area contributed by atoms with E-state index in [2.05, 4.69) is 9.71 Å². The van der Waals surface area contributed by atoms with E-state index in [4.69, 9.17) is 0 Å². The summed E-state index contributed by atoms with van der Waals surface area (Å²) in [6.45, 7) is -0.623. The van der Waals surface area contributed by atoms with Crippen molar-refractivity contribution in [2.75, 3.05) is 18.6 Å². The molecule has 0 saturated heterocycles. The van der Waals surface area contributed by atoms with E-state index in [1.807, 2.05) is 0 Å². The van der Waals surface area contributed by atoms with Gasteiger partial charge in [0.1, 0.15) is 6.67 Å². The molecule has 11 heteroatoms. The van der Waals surface area contributed by atoms with Gasteiger partial charge in [-0.15, -0.1) is 11.3 Å². The molecule has 0 spiro atoms. The second-order valence-corrected chi connectivity index (χ2v) is 9.71. The monoisotopic (exact) mass is 426 g/mol. The molecule has 2 aromatic rings. The zero-order chi connectivity index (χ0) is 20.1. The summed E-state index contributed by atoms with van der Waals surface area (Å²) in [5.41, 5.74) is 1.18. The normalized spacial score (nSPS) is 21.0. The third-order valence-electron chi connectivity index (χ3n) is 5.04. The predicted molar refractivity (Wildman–Crippen MR) is 101 cm³/mol. The summed E-state index contributed by atoms with van der Waals surface area (Å²) in [5, 5.41) is 10.5. The fraction of sp³-hybridized carbons (Fsp3) is 0.412. The lowest BCUT2D eigenvalue weighted by Crippen LogP contribution is -2.53. The maximum absolute atomic E-state index is 13.1. The third-order valence-corrected chi connectivity index (χ3v) is 7.39. The minimum Gasteiger partial charge on any atom is -0.356 e. The van der Waals surface area contributed by atoms with E-state index in [1.165, 1.54) is 39.3 Å². The van der Waals surface area contributed by atoms with Gasteiger partial charge >= 0.3 is 0 Å². The molecule has 1 aliphatic carbocycles. The molecule has 0 radical (unpaired) electrons. The van der Waals surface area contributed by atoms with Gasteiger partial charge in [0.2, 0.25) is 16.4 Å². The molecule has 8 nitrogen and oxygen atoms in total. The number of thiazole rings is 1. The lowest BCUT2D eigenvalue weighted by Gasteiger charge is -2.40. The molecule has 4 rings (SSSR count). The molecule has 1 aromatic carbocycles. The number of hydrogen-bond donors (Lipinski definition) is 2. The molecular weight excluding hydrogens is 407 g/mol. The van der Waals surface area contributed by atoms with Crippen LogP contribution in [0.2, 0.25) is 0 Å². The number of anilines is 1. The maximum Gasteiger partial charge on any atom is 0.259 e. The van der Waals surface area contributed by atoms with Crippen molar-refractivity contribution in [3.05, 3.63) is 40.3 Å². The lowest BCUT2D eigenvalue weighted by atomic mass is 10.1. The second kappa shape index (κ2) is 6.76. The van der Waals surface area contributed by atoms with Crippen molar-refractivity contribution < 1.29 is 22.7 Å². The van der Waals surface area contributed by atoms with Crippen LogP contribution in [0.4, 0.5) is 10.1 Å². The first-order chi connectivity index (χ1) is 13.3. The number of fused-ring (bicyclic) bond motifs is 1. The number of carbonyl (C=O) groups excluding carboxylic acids is 1. The molecule has 150 valence electrons. The van der Waals surface area contributed by atoms with Gasteiger partial charge in [-0.1, -0.05) is 0 Å². The van der Waals surface area contributed by atoms with Gasteiger partial charge in [0.05, 0.1) is 33.7 Å². The van der Waals surface area contributed by atoms with Crippen LogP contribution < -0.4 is 9.62 Å². The topological polar surface area (TPSA) is 103 Å². The number of aliphatic hydroxyl groups excluding tert-OH is 1. The van der Waals surface area contributed by atoms with Gasteiger partial charge in [-0.25, -0.2) is 17.5 Å². The quantitative estimate of drug-likeness (QED) is 0.722. The number of aromatic nitrogens is 1. The largest absolute Gasteiger partial charge is 0.356 e. The first-order valence-electron chi connectivity index (χ1n) is 8.60. The summed E-state index contributed by atoms with van der Waals surface area (Å²) in [7, 11) is -2.36. The summed E-state index contributed by atoms with van der Waals surface area (Å²) in [4.78, 5) is 20.4. The van der Waals surface area contributed by atoms with Crippen LogP contribution >= 0.6 is 11.3 Å². The van der Waals surface area contributed by atoms with Gasteiger partial charge in [0.15, 0.2) is 0 Å². The van der Waals surface area contributed by atoms with Crippen LogP contribution in [0.25, 0.3) is 0 Å². The molecule has 2 heterocycles. The van der Waals surface area contributed by atoms with Gasteiger partial charge in [-0.05, 0) is 31.0 Å². The van der Waals surface area contributed by atoms with Gasteiger partial charge in [0, 0.05) is 18.1 Å². The molecular formula is C17H19FN4O4S2. The molecule has 1 aromatic heterocycles. The highest BCUT2D eigenvalue weighted by atomic mass is 32.2. The average molecular weight is 426 g/mol. The molecule has 1 aliphatic heterocycles. The minimum atomic E-state index is -3.97. The Morgan fingerprint density at radius 3 is 2.79 bits per heavy atom. The highest BCUT2D eigenvalue weighted by molar-refractivity contribution is 7.89. The number of nitrogens with zero attached hydrogens (tertiary/aromatic N) is 3. The van der Waals surface area contributed by atoms with E-state index in [1.54, 1.807) is 18.8 Å². The van der Waals surface area contributed by atoms with Crippen LogP contribution in [0.1, 0.15) is 28.1 Å². The SMILES string of the molecule is CN1c2ccc(S(=O)(=O)NC3(CF)CC3)cc2C(=O)N(Cc2cncs2)C1O. The number of amides is 1. The van der Waals surface area contributed by atoms with Gasteiger partial charge in [0.25, 0.3) is 5.91 Å². The summed E-state index contributed by atoms with van der Waals surface area (Å²) in [5.74, 6) is -0.488. The molecule has 1 unspecified atom stereocenters. The number of aliphatic hydroxyl groups is 1. The zero-order valence-electron chi connectivity index (χ0n) is 15.0. The zero-order valence-corrected chi connectivity index (χ0v) is 16.6. The van der Waals surface area contributed by atoms with E-state index in [0.29, 0.717) is 18.5 Å². The molecule has 2 aliphatic rings. The third kappa shape index (κ3) is 3.28. The predicted octanol–water partition coefficient (Wildman–Crippen LogP) is 1.29. The van der Waals surface area contributed by atoms with E-state index < -0.39 is 34.5 Å². The Morgan fingerprint density at radius 2 is 2.18 bits per heavy atom. The summed E-state index contributed by atoms with van der Waals surface area (Å²) >= 11 is 1.35. The van der Waals surface area contributed by atoms with Crippen LogP contribution in [-0.2, 0) is 16.6 Å². The standard InChI is InChI=1S/C17H19FN4O4S2/c1-21-14-3-2-12(28(25,26)20-17(9-18)4-5-17)6-13(14)15(23)22(16(21)24)8-11-7-19-10-27-11/h2-3,6-7,10,16,20,24H,4-5,8-9H2,1H3. The Bertz CT molecular complexity index is 1010. The van der Waals surface area contributed by atoms with Crippen LogP contribution in [0, 0.1) is 0 Å². The molecule has 1 atom stereocenters. The first-order valence-corrected chi connectivity index (χ1v) is 11.0. The summed E-state index contributed by atoms with van der Waals surface area (Å²) in [6.07, 6.45) is 1.31. The van der Waals surface area contributed by atoms with Crippen molar-refractivity contribution in [1.82, 2.24) is 14.6 Å². The van der Waals surface area contributed by atoms with Gasteiger partial charge in [-0.2, -0.15) is 0 Å². The average Bonchev–Trinajstić information content (AvgIpc) is 3.24. The Labute approximate surface area is 165 Å². The molecule has 0 bridgehead atoms. The fourth-order valence-electron chi connectivity index (χ4n) is 3.15. The van der Waals surface area contributed by atoms with Gasteiger partial charge in [-0.3, -0.25) is 14.7 Å². The number of rotatable bonds is 6. The Kier molecular flexibility index (Phi) is 4.65. The fourth-order valence-corrected chi connectivity index (χ4v) is 5.21. The Hall–Kier alpha value is -2.08. The first kappa shape index (κ1) is 19.2. The van der Waals surface area contributed by atoms with Crippen LogP contribution in [0.5, 0.6) is 0 Å². The van der Waals surface area contributed by atoms with Crippen LogP contribution in [0.15, 0.2) is 34.8 Å². The smallest absolute Gasteiger partial charge is 0.259 e. The van der Waals surface area contributed by atoms with Crippen molar-refractivity contribution >= 4 is 33.0 Å². The summed E-state index contributed by atoms with van der Waals surface area (Å²) in [6, 6.07) is 4.10. The minimum absolute atomic E-state index is 0.109. The van der Waals surface area contributed by atoms with Crippen molar-refractivity contribution in [3.63, 3.8) is 0 Å². The van der Waals surface area contributed by atoms with E-state index in [9.17, 15) is 22.7 Å². The van der Waals surface area contributed by atoms with E-state index in [-0.39, 0.29) is 17.0 Å². The highest BCUT2D eigenvalue weighted by Gasteiger charge is 2.46. The molecule has 1 amide bonds. The molecule has 1 saturated carbocycles. The highest BCUT2D eigenvalue weighted by Crippen LogP contribution is 2.38. The molecule has 28 heavy (non-hydrogen) atoms. The number of nitrogens with one attached hydrogen (secondary N) is 1. The lowest BCUT2D eigenvalue weighted by molar-refractivity contribution is 0.000808. The van der Waals surface area contributed by atoms with Crippen molar-refractivity contribution in [2.45, 2.75) is 36.2 Å². The van der Waals surface area contributed by atoms with E-state index in [0.717, 1.165) is 4.88 Å². The number of carbonyl (C=O) groups is 1. The number of alkyl halides is 1. The number of benzene rings is 1. The van der Waals surface area contributed by atoms with Crippen molar-refractivity contribution in [1.29, 1.82) is 0 Å². The maximum atomic E-state index is 13.1. The Balaban J connectivity index is 1.68. The van der Waals surface area contributed by atoms with Gasteiger partial charge < -0.3 is 10.0 Å². The van der Waals surface area contributed by atoms with Crippen LogP contribution in [0.3, 0.4) is 0 Å². The number of halogens is 1.